The standard InChI is InChI=1S/C27H36FN6O9P/c1-6-38-24-21-23(31-27(29)32-24)34(14-30-21)25-22(41-17(5)35)19(12-28)20(42-25)13-39-44(37,43-18-10-8-7-9-11-18)33-16(4)26(36)40-15(2)3/h7-11,14-16,19-20,22,25H,6,12-13H2,1-5H3,(H,33,37)(H2,29,31,32)/t16-,19+,20+,22+,25+,44+/m0/s1. The lowest BCUT2D eigenvalue weighted by Crippen LogP contribution is -2.37. The van der Waals surface area contributed by atoms with Crippen LogP contribution in [-0.2, 0) is 32.9 Å². The fourth-order valence-electron chi connectivity index (χ4n) is 4.53. The molecule has 0 spiro atoms. The molecule has 240 valence electrons. The Balaban J connectivity index is 1.63. The lowest BCUT2D eigenvalue weighted by molar-refractivity contribution is -0.154. The van der Waals surface area contributed by atoms with Crippen molar-refractivity contribution >= 4 is 36.8 Å². The molecule has 1 fully saturated rings. The molecule has 2 aromatic heterocycles. The van der Waals surface area contributed by atoms with Gasteiger partial charge >= 0.3 is 19.7 Å². The highest BCUT2D eigenvalue weighted by Gasteiger charge is 2.49. The first-order valence-electron chi connectivity index (χ1n) is 13.9. The molecule has 15 nitrogen and oxygen atoms in total. The van der Waals surface area contributed by atoms with Gasteiger partial charge in [-0.3, -0.25) is 23.1 Å². The summed E-state index contributed by atoms with van der Waals surface area (Å²) in [6.07, 6.45) is -2.47. The Morgan fingerprint density at radius 2 is 1.93 bits per heavy atom. The van der Waals surface area contributed by atoms with Gasteiger partial charge in [0.2, 0.25) is 11.8 Å². The van der Waals surface area contributed by atoms with Crippen molar-refractivity contribution in [3.8, 4) is 11.6 Å². The molecule has 0 saturated carbocycles. The van der Waals surface area contributed by atoms with Gasteiger partial charge in [-0.1, -0.05) is 18.2 Å². The van der Waals surface area contributed by atoms with Crippen LogP contribution in [0.3, 0.4) is 0 Å². The third kappa shape index (κ3) is 7.80. The van der Waals surface area contributed by atoms with Crippen LogP contribution in [0.1, 0.15) is 40.8 Å². The van der Waals surface area contributed by atoms with E-state index in [4.69, 9.17) is 33.7 Å². The molecule has 3 heterocycles. The largest absolute Gasteiger partial charge is 0.476 e. The number of fused-ring (bicyclic) bond motifs is 1. The Morgan fingerprint density at radius 1 is 1.20 bits per heavy atom. The number of carbonyl (C=O) groups is 2. The second-order valence-electron chi connectivity index (χ2n) is 10.1. The minimum Gasteiger partial charge on any atom is -0.476 e. The van der Waals surface area contributed by atoms with Gasteiger partial charge in [-0.15, -0.1) is 0 Å². The predicted molar refractivity (Wildman–Crippen MR) is 154 cm³/mol. The summed E-state index contributed by atoms with van der Waals surface area (Å²) in [7, 11) is -4.31. The van der Waals surface area contributed by atoms with Gasteiger partial charge in [0.1, 0.15) is 11.8 Å². The normalized spacial score (nSPS) is 22.0. The monoisotopic (exact) mass is 638 g/mol. The van der Waals surface area contributed by atoms with E-state index in [0.29, 0.717) is 0 Å². The van der Waals surface area contributed by atoms with E-state index in [9.17, 15) is 18.5 Å². The minimum absolute atomic E-state index is 0.109. The highest BCUT2D eigenvalue weighted by molar-refractivity contribution is 7.52. The maximum absolute atomic E-state index is 14.6. The zero-order valence-corrected chi connectivity index (χ0v) is 25.8. The summed E-state index contributed by atoms with van der Waals surface area (Å²) < 4.78 is 63.8. The summed E-state index contributed by atoms with van der Waals surface area (Å²) in [5, 5.41) is 2.58. The van der Waals surface area contributed by atoms with Crippen molar-refractivity contribution in [2.75, 3.05) is 25.6 Å². The molecule has 1 saturated heterocycles. The number of alkyl halides is 1. The van der Waals surface area contributed by atoms with Gasteiger partial charge in [0.25, 0.3) is 0 Å². The first-order chi connectivity index (χ1) is 20.9. The molecule has 0 radical (unpaired) electrons. The number of nitrogens with one attached hydrogen (secondary N) is 1. The number of hydrogen-bond donors (Lipinski definition) is 2. The first-order valence-corrected chi connectivity index (χ1v) is 15.5. The number of imidazole rings is 1. The molecule has 0 bridgehead atoms. The van der Waals surface area contributed by atoms with Crippen LogP contribution in [0.4, 0.5) is 10.3 Å². The van der Waals surface area contributed by atoms with Crippen LogP contribution in [-0.4, -0.2) is 75.7 Å². The minimum atomic E-state index is -4.31. The summed E-state index contributed by atoms with van der Waals surface area (Å²) in [6.45, 7) is 6.53. The van der Waals surface area contributed by atoms with Crippen LogP contribution in [0.15, 0.2) is 36.7 Å². The molecule has 3 N–H and O–H groups in total. The molecular formula is C27H36FN6O9P. The summed E-state index contributed by atoms with van der Waals surface area (Å²) in [5.41, 5.74) is 6.34. The van der Waals surface area contributed by atoms with Crippen LogP contribution in [0.5, 0.6) is 11.6 Å². The van der Waals surface area contributed by atoms with E-state index in [0.717, 1.165) is 0 Å². The fourth-order valence-corrected chi connectivity index (χ4v) is 6.03. The SMILES string of the molecule is CCOc1nc(N)nc2c1ncn2[C@@H]1O[C@H](CO[P@](=O)(N[C@@H](C)C(=O)OC(C)C)Oc2ccccc2)[C@@H](CF)[C@H]1OC(C)=O. The number of hydrogen-bond acceptors (Lipinski definition) is 13. The number of ether oxygens (including phenoxy) is 4. The lowest BCUT2D eigenvalue weighted by Gasteiger charge is -2.25. The average Bonchev–Trinajstić information content (AvgIpc) is 3.52. The van der Waals surface area contributed by atoms with E-state index in [1.54, 1.807) is 51.1 Å². The van der Waals surface area contributed by atoms with Gasteiger partial charge in [-0.05, 0) is 39.8 Å². The molecule has 6 atom stereocenters. The maximum atomic E-state index is 14.6. The highest BCUT2D eigenvalue weighted by atomic mass is 31.2. The fraction of sp³-hybridized carbons (Fsp3) is 0.519. The molecule has 44 heavy (non-hydrogen) atoms. The van der Waals surface area contributed by atoms with Crippen molar-refractivity contribution in [3.05, 3.63) is 36.7 Å². The molecule has 4 rings (SSSR count). The third-order valence-corrected chi connectivity index (χ3v) is 8.02. The van der Waals surface area contributed by atoms with Crippen molar-refractivity contribution in [1.82, 2.24) is 24.6 Å². The zero-order valence-electron chi connectivity index (χ0n) is 24.9. The number of rotatable bonds is 14. The Labute approximate surface area is 253 Å². The highest BCUT2D eigenvalue weighted by Crippen LogP contribution is 2.47. The zero-order chi connectivity index (χ0) is 32.0. The second kappa shape index (κ2) is 14.3. The van der Waals surface area contributed by atoms with E-state index in [-0.39, 0.29) is 35.3 Å². The summed E-state index contributed by atoms with van der Waals surface area (Å²) in [6, 6.07) is 7.05. The molecule has 1 aromatic carbocycles. The van der Waals surface area contributed by atoms with E-state index in [1.807, 2.05) is 0 Å². The van der Waals surface area contributed by atoms with E-state index in [2.05, 4.69) is 20.0 Å². The molecule has 0 aliphatic carbocycles. The van der Waals surface area contributed by atoms with Crippen LogP contribution in [0.2, 0.25) is 0 Å². The van der Waals surface area contributed by atoms with Gasteiger partial charge in [-0.25, -0.2) is 9.55 Å². The molecular weight excluding hydrogens is 602 g/mol. The molecule has 0 unspecified atom stereocenters. The predicted octanol–water partition coefficient (Wildman–Crippen LogP) is 3.36. The summed E-state index contributed by atoms with van der Waals surface area (Å²) in [4.78, 5) is 37.2. The number of para-hydroxylation sites is 1. The van der Waals surface area contributed by atoms with Crippen molar-refractivity contribution in [2.24, 2.45) is 5.92 Å². The molecule has 0 amide bonds. The molecule has 1 aliphatic heterocycles. The van der Waals surface area contributed by atoms with Crippen molar-refractivity contribution in [1.29, 1.82) is 0 Å². The number of halogens is 1. The van der Waals surface area contributed by atoms with E-state index >= 15 is 0 Å². The van der Waals surface area contributed by atoms with Crippen LogP contribution in [0.25, 0.3) is 11.2 Å². The number of carbonyl (C=O) groups excluding carboxylic acids is 2. The van der Waals surface area contributed by atoms with Crippen molar-refractivity contribution in [3.63, 3.8) is 0 Å². The number of nitrogens with zero attached hydrogens (tertiary/aromatic N) is 4. The Hall–Kier alpha value is -3.85. The Morgan fingerprint density at radius 3 is 2.57 bits per heavy atom. The molecule has 1 aliphatic rings. The first kappa shape index (κ1) is 33.1. The van der Waals surface area contributed by atoms with Crippen LogP contribution >= 0.6 is 7.75 Å². The topological polar surface area (TPSA) is 188 Å². The van der Waals surface area contributed by atoms with Gasteiger partial charge < -0.3 is 29.2 Å². The number of nitrogen functional groups attached to an aromatic ring is 1. The number of benzene rings is 1. The van der Waals surface area contributed by atoms with Gasteiger partial charge in [0.15, 0.2) is 23.5 Å². The number of aromatic nitrogens is 4. The van der Waals surface area contributed by atoms with Crippen molar-refractivity contribution in [2.45, 2.75) is 65.2 Å². The number of nitrogens with two attached hydrogens (primary N) is 1. The van der Waals surface area contributed by atoms with Crippen LogP contribution < -0.4 is 20.1 Å². The average molecular weight is 639 g/mol. The van der Waals surface area contributed by atoms with Gasteiger partial charge in [0, 0.05) is 6.92 Å². The lowest BCUT2D eigenvalue weighted by atomic mass is 10.00. The van der Waals surface area contributed by atoms with Gasteiger partial charge in [0.05, 0.1) is 44.3 Å². The third-order valence-electron chi connectivity index (χ3n) is 6.37. The second-order valence-corrected chi connectivity index (χ2v) is 11.8. The quantitative estimate of drug-likeness (QED) is 0.193. The molecule has 17 heteroatoms. The maximum Gasteiger partial charge on any atom is 0.459 e. The summed E-state index contributed by atoms with van der Waals surface area (Å²) in [5.74, 6) is -2.23. The molecule has 3 aromatic rings. The van der Waals surface area contributed by atoms with Crippen LogP contribution in [0, 0.1) is 5.92 Å². The van der Waals surface area contributed by atoms with E-state index < -0.39 is 69.5 Å². The van der Waals surface area contributed by atoms with E-state index in [1.165, 1.54) is 24.7 Å². The van der Waals surface area contributed by atoms with Crippen molar-refractivity contribution < 1.29 is 46.5 Å². The number of anilines is 1. The Kier molecular flexibility index (Phi) is 10.7. The number of esters is 2. The van der Waals surface area contributed by atoms with Gasteiger partial charge in [-0.2, -0.15) is 15.1 Å². The Bertz CT molecular complexity index is 1490. The summed E-state index contributed by atoms with van der Waals surface area (Å²) >= 11 is 0. The smallest absolute Gasteiger partial charge is 0.459 e.